The van der Waals surface area contributed by atoms with E-state index in [9.17, 15) is 0 Å². The fourth-order valence-electron chi connectivity index (χ4n) is 1.95. The van der Waals surface area contributed by atoms with Crippen molar-refractivity contribution < 1.29 is 0 Å². The largest absolute Gasteiger partial charge is 0.370 e. The zero-order valence-electron chi connectivity index (χ0n) is 8.95. The Bertz CT molecular complexity index is 431. The van der Waals surface area contributed by atoms with Crippen molar-refractivity contribution in [1.29, 1.82) is 0 Å². The zero-order valence-corrected chi connectivity index (χ0v) is 10.5. The molecule has 1 atom stereocenters. The summed E-state index contributed by atoms with van der Waals surface area (Å²) in [4.78, 5) is 6.26. The molecule has 2 N–H and O–H groups in total. The first-order chi connectivity index (χ1) is 7.63. The maximum atomic E-state index is 6.17. The molecule has 2 rings (SSSR count). The van der Waals surface area contributed by atoms with E-state index in [4.69, 9.17) is 28.9 Å². The molecule has 0 aliphatic carbocycles. The molecule has 1 heterocycles. The number of guanidine groups is 1. The lowest BCUT2D eigenvalue weighted by Crippen LogP contribution is -2.35. The van der Waals surface area contributed by atoms with Crippen LogP contribution in [0.2, 0.25) is 10.0 Å². The van der Waals surface area contributed by atoms with Crippen LogP contribution in [0.5, 0.6) is 0 Å². The highest BCUT2D eigenvalue weighted by Gasteiger charge is 2.27. The Hall–Kier alpha value is -0.930. The molecular formula is C11H13Cl2N3. The summed E-state index contributed by atoms with van der Waals surface area (Å²) in [6.45, 7) is 3.49. The van der Waals surface area contributed by atoms with Gasteiger partial charge in [-0.25, -0.2) is 0 Å². The Morgan fingerprint density at radius 1 is 1.50 bits per heavy atom. The molecule has 1 aliphatic rings. The minimum atomic E-state index is 0.108. The van der Waals surface area contributed by atoms with E-state index in [0.717, 1.165) is 12.1 Å². The Morgan fingerprint density at radius 3 is 2.94 bits per heavy atom. The van der Waals surface area contributed by atoms with Crippen LogP contribution in [0.15, 0.2) is 23.2 Å². The van der Waals surface area contributed by atoms with E-state index in [1.807, 2.05) is 24.0 Å². The van der Waals surface area contributed by atoms with Gasteiger partial charge in [0.15, 0.2) is 5.96 Å². The molecule has 0 aromatic heterocycles. The Morgan fingerprint density at radius 2 is 2.25 bits per heavy atom. The fraction of sp³-hybridized carbons (Fsp3) is 0.364. The highest BCUT2D eigenvalue weighted by Crippen LogP contribution is 2.32. The monoisotopic (exact) mass is 257 g/mol. The van der Waals surface area contributed by atoms with Gasteiger partial charge in [-0.05, 0) is 30.7 Å². The van der Waals surface area contributed by atoms with Crippen molar-refractivity contribution in [3.8, 4) is 0 Å². The van der Waals surface area contributed by atoms with Crippen molar-refractivity contribution in [3.63, 3.8) is 0 Å². The lowest BCUT2D eigenvalue weighted by atomic mass is 10.1. The Kier molecular flexibility index (Phi) is 3.26. The Labute approximate surface area is 105 Å². The third-order valence-corrected chi connectivity index (χ3v) is 3.33. The lowest BCUT2D eigenvalue weighted by Gasteiger charge is -2.25. The first-order valence-corrected chi connectivity index (χ1v) is 5.90. The van der Waals surface area contributed by atoms with Gasteiger partial charge >= 0.3 is 0 Å². The van der Waals surface area contributed by atoms with E-state index in [0.29, 0.717) is 22.5 Å². The summed E-state index contributed by atoms with van der Waals surface area (Å²) in [6, 6.07) is 5.58. The van der Waals surface area contributed by atoms with E-state index in [1.165, 1.54) is 0 Å². The quantitative estimate of drug-likeness (QED) is 0.886. The van der Waals surface area contributed by atoms with Crippen LogP contribution in [0.4, 0.5) is 0 Å². The van der Waals surface area contributed by atoms with Gasteiger partial charge in [0.2, 0.25) is 0 Å². The highest BCUT2D eigenvalue weighted by atomic mass is 35.5. The summed E-state index contributed by atoms with van der Waals surface area (Å²) in [5, 5.41) is 1.39. The van der Waals surface area contributed by atoms with Crippen LogP contribution in [0.25, 0.3) is 0 Å². The molecule has 16 heavy (non-hydrogen) atoms. The van der Waals surface area contributed by atoms with Gasteiger partial charge in [-0.3, -0.25) is 4.99 Å². The predicted molar refractivity (Wildman–Crippen MR) is 68.1 cm³/mol. The van der Waals surface area contributed by atoms with E-state index in [-0.39, 0.29) is 6.04 Å². The lowest BCUT2D eigenvalue weighted by molar-refractivity contribution is 0.364. The van der Waals surface area contributed by atoms with Crippen molar-refractivity contribution in [2.24, 2.45) is 10.7 Å². The van der Waals surface area contributed by atoms with Crippen LogP contribution in [0.3, 0.4) is 0 Å². The van der Waals surface area contributed by atoms with Gasteiger partial charge in [-0.15, -0.1) is 0 Å². The van der Waals surface area contributed by atoms with E-state index in [1.54, 1.807) is 6.07 Å². The standard InChI is InChI=1S/C11H13Cl2N3/c1-2-16-10(6-15-11(16)14)8-5-7(12)3-4-9(8)13/h3-5,10H,2,6H2,1H3,(H2,14,15). The molecular weight excluding hydrogens is 245 g/mol. The SMILES string of the molecule is CCN1C(N)=NCC1c1cc(Cl)ccc1Cl. The fourth-order valence-corrected chi connectivity index (χ4v) is 2.37. The van der Waals surface area contributed by atoms with Crippen molar-refractivity contribution in [3.05, 3.63) is 33.8 Å². The molecule has 0 fully saturated rings. The first-order valence-electron chi connectivity index (χ1n) is 5.15. The second-order valence-corrected chi connectivity index (χ2v) is 4.51. The number of halogens is 2. The predicted octanol–water partition coefficient (Wildman–Crippen LogP) is 2.68. The van der Waals surface area contributed by atoms with Crippen LogP contribution < -0.4 is 5.73 Å². The number of nitrogens with zero attached hydrogens (tertiary/aromatic N) is 2. The molecule has 0 saturated carbocycles. The molecule has 0 bridgehead atoms. The summed E-state index contributed by atoms with van der Waals surface area (Å²) < 4.78 is 0. The molecule has 0 spiro atoms. The minimum Gasteiger partial charge on any atom is -0.370 e. The third kappa shape index (κ3) is 1.97. The molecule has 86 valence electrons. The summed E-state index contributed by atoms with van der Waals surface area (Å²) >= 11 is 12.1. The maximum Gasteiger partial charge on any atom is 0.191 e. The van der Waals surface area contributed by atoms with Crippen LogP contribution in [-0.4, -0.2) is 23.9 Å². The van der Waals surface area contributed by atoms with Crippen LogP contribution in [0, 0.1) is 0 Å². The van der Waals surface area contributed by atoms with Gasteiger partial charge in [0.1, 0.15) is 0 Å². The van der Waals surface area contributed by atoms with Crippen LogP contribution in [-0.2, 0) is 0 Å². The van der Waals surface area contributed by atoms with Gasteiger partial charge in [-0.2, -0.15) is 0 Å². The molecule has 1 aliphatic heterocycles. The summed E-state index contributed by atoms with van der Waals surface area (Å²) in [7, 11) is 0. The number of nitrogens with two attached hydrogens (primary N) is 1. The molecule has 0 saturated heterocycles. The Balaban J connectivity index is 2.35. The van der Waals surface area contributed by atoms with Crippen molar-refractivity contribution in [2.45, 2.75) is 13.0 Å². The van der Waals surface area contributed by atoms with Crippen LogP contribution >= 0.6 is 23.2 Å². The van der Waals surface area contributed by atoms with E-state index in [2.05, 4.69) is 4.99 Å². The van der Waals surface area contributed by atoms with Gasteiger partial charge in [0.05, 0.1) is 12.6 Å². The molecule has 5 heteroatoms. The zero-order chi connectivity index (χ0) is 11.7. The van der Waals surface area contributed by atoms with Gasteiger partial charge in [0, 0.05) is 16.6 Å². The summed E-state index contributed by atoms with van der Waals surface area (Å²) in [5.74, 6) is 0.573. The molecule has 1 aromatic rings. The second kappa shape index (κ2) is 4.52. The third-order valence-electron chi connectivity index (χ3n) is 2.75. The van der Waals surface area contributed by atoms with Crippen molar-refractivity contribution >= 4 is 29.2 Å². The highest BCUT2D eigenvalue weighted by molar-refractivity contribution is 6.33. The summed E-state index contributed by atoms with van der Waals surface area (Å²) in [6.07, 6.45) is 0. The molecule has 1 unspecified atom stereocenters. The van der Waals surface area contributed by atoms with E-state index < -0.39 is 0 Å². The average Bonchev–Trinajstić information content (AvgIpc) is 2.63. The normalized spacial score (nSPS) is 20.1. The number of rotatable bonds is 2. The maximum absolute atomic E-state index is 6.17. The van der Waals surface area contributed by atoms with Gasteiger partial charge in [0.25, 0.3) is 0 Å². The van der Waals surface area contributed by atoms with Crippen molar-refractivity contribution in [1.82, 2.24) is 4.90 Å². The molecule has 3 nitrogen and oxygen atoms in total. The molecule has 0 radical (unpaired) electrons. The number of hydrogen-bond donors (Lipinski definition) is 1. The van der Waals surface area contributed by atoms with Gasteiger partial charge in [-0.1, -0.05) is 23.2 Å². The number of hydrogen-bond acceptors (Lipinski definition) is 3. The molecule has 1 aromatic carbocycles. The van der Waals surface area contributed by atoms with Crippen molar-refractivity contribution in [2.75, 3.05) is 13.1 Å². The second-order valence-electron chi connectivity index (χ2n) is 3.67. The smallest absolute Gasteiger partial charge is 0.191 e. The summed E-state index contributed by atoms with van der Waals surface area (Å²) in [5.41, 5.74) is 6.79. The topological polar surface area (TPSA) is 41.6 Å². The van der Waals surface area contributed by atoms with Crippen LogP contribution in [0.1, 0.15) is 18.5 Å². The van der Waals surface area contributed by atoms with E-state index >= 15 is 0 Å². The molecule has 0 amide bonds. The number of likely N-dealkylation sites (N-methyl/N-ethyl adjacent to an activating group) is 1. The minimum absolute atomic E-state index is 0.108. The number of aliphatic imine (C=N–C) groups is 1. The first kappa shape index (κ1) is 11.6. The number of benzene rings is 1. The average molecular weight is 258 g/mol. The van der Waals surface area contributed by atoms with Gasteiger partial charge < -0.3 is 10.6 Å².